The summed E-state index contributed by atoms with van der Waals surface area (Å²) in [6.07, 6.45) is 5.68. The van der Waals surface area contributed by atoms with Gasteiger partial charge in [0.2, 0.25) is 0 Å². The van der Waals surface area contributed by atoms with Crippen LogP contribution >= 0.6 is 0 Å². The van der Waals surface area contributed by atoms with Gasteiger partial charge in [-0.05, 0) is 30.6 Å². The summed E-state index contributed by atoms with van der Waals surface area (Å²) in [5.41, 5.74) is 0.362. The fraction of sp³-hybridized carbons (Fsp3) is 1.00. The van der Waals surface area contributed by atoms with Crippen LogP contribution in [-0.2, 0) is 14.3 Å². The zero-order valence-corrected chi connectivity index (χ0v) is 10.1. The van der Waals surface area contributed by atoms with Gasteiger partial charge in [-0.25, -0.2) is 0 Å². The van der Waals surface area contributed by atoms with Gasteiger partial charge in [0.1, 0.15) is 0 Å². The monoisotopic (exact) mass is 220 g/mol. The fourth-order valence-electron chi connectivity index (χ4n) is 2.28. The lowest BCUT2D eigenvalue weighted by molar-refractivity contribution is 0.202. The van der Waals surface area contributed by atoms with Crippen molar-refractivity contribution in [2.45, 2.75) is 39.5 Å². The molecule has 0 saturated heterocycles. The van der Waals surface area contributed by atoms with Crippen LogP contribution in [0.1, 0.15) is 39.5 Å². The van der Waals surface area contributed by atoms with Gasteiger partial charge in [0.05, 0.1) is 12.9 Å². The van der Waals surface area contributed by atoms with Crippen LogP contribution in [0.3, 0.4) is 0 Å². The average molecular weight is 220 g/mol. The molecule has 0 heterocycles. The van der Waals surface area contributed by atoms with E-state index in [2.05, 4.69) is 13.8 Å². The van der Waals surface area contributed by atoms with Crippen molar-refractivity contribution in [3.8, 4) is 0 Å². The van der Waals surface area contributed by atoms with Gasteiger partial charge in [-0.2, -0.15) is 8.42 Å². The van der Waals surface area contributed by atoms with E-state index in [4.69, 9.17) is 4.18 Å². The van der Waals surface area contributed by atoms with Crippen molar-refractivity contribution in [3.05, 3.63) is 0 Å². The standard InChI is InChI=1S/C10H20O3S/c1-10(2)7-4-5-9(10)6-8-13-14(3,11)12/h9H,4-8H2,1-3H3. The molecule has 1 aliphatic carbocycles. The second kappa shape index (κ2) is 4.19. The van der Waals surface area contributed by atoms with Gasteiger partial charge in [0.25, 0.3) is 10.1 Å². The smallest absolute Gasteiger partial charge is 0.264 e. The molecule has 0 aromatic rings. The Balaban J connectivity index is 2.32. The third-order valence-electron chi connectivity index (χ3n) is 3.24. The van der Waals surface area contributed by atoms with E-state index < -0.39 is 10.1 Å². The minimum absolute atomic E-state index is 0.340. The van der Waals surface area contributed by atoms with Crippen LogP contribution in [0.15, 0.2) is 0 Å². The molecule has 1 aliphatic rings. The molecule has 0 amide bonds. The predicted molar refractivity (Wildman–Crippen MR) is 56.5 cm³/mol. The Kier molecular flexibility index (Phi) is 3.58. The summed E-state index contributed by atoms with van der Waals surface area (Å²) in [7, 11) is -3.25. The maximum atomic E-state index is 10.7. The Morgan fingerprint density at radius 2 is 2.07 bits per heavy atom. The van der Waals surface area contributed by atoms with Crippen molar-refractivity contribution < 1.29 is 12.6 Å². The molecule has 0 spiro atoms. The van der Waals surface area contributed by atoms with Crippen LogP contribution in [0.2, 0.25) is 0 Å². The lowest BCUT2D eigenvalue weighted by atomic mass is 9.80. The first-order valence-electron chi connectivity index (χ1n) is 5.16. The van der Waals surface area contributed by atoms with Crippen molar-refractivity contribution >= 4 is 10.1 Å². The highest BCUT2D eigenvalue weighted by Crippen LogP contribution is 2.44. The van der Waals surface area contributed by atoms with Gasteiger partial charge < -0.3 is 0 Å². The number of rotatable bonds is 4. The molecule has 1 fully saturated rings. The zero-order valence-electron chi connectivity index (χ0n) is 9.25. The van der Waals surface area contributed by atoms with Crippen molar-refractivity contribution in [2.75, 3.05) is 12.9 Å². The molecule has 0 N–H and O–H groups in total. The van der Waals surface area contributed by atoms with Crippen molar-refractivity contribution in [1.82, 2.24) is 0 Å². The second-order valence-corrected chi connectivity index (χ2v) is 6.54. The Hall–Kier alpha value is -0.0900. The SMILES string of the molecule is CC1(C)CCCC1CCOS(C)(=O)=O. The van der Waals surface area contributed by atoms with Crippen molar-refractivity contribution in [1.29, 1.82) is 0 Å². The Morgan fingerprint density at radius 1 is 1.43 bits per heavy atom. The van der Waals surface area contributed by atoms with Crippen LogP contribution in [0.4, 0.5) is 0 Å². The maximum absolute atomic E-state index is 10.7. The van der Waals surface area contributed by atoms with Gasteiger partial charge in [-0.15, -0.1) is 0 Å². The van der Waals surface area contributed by atoms with Crippen LogP contribution in [0.25, 0.3) is 0 Å². The Labute approximate surface area is 87.0 Å². The highest BCUT2D eigenvalue weighted by Gasteiger charge is 2.33. The molecule has 1 atom stereocenters. The van der Waals surface area contributed by atoms with E-state index in [0.29, 0.717) is 17.9 Å². The molecule has 14 heavy (non-hydrogen) atoms. The van der Waals surface area contributed by atoms with Crippen molar-refractivity contribution in [3.63, 3.8) is 0 Å². The minimum atomic E-state index is -3.25. The summed E-state index contributed by atoms with van der Waals surface area (Å²) in [5, 5.41) is 0. The van der Waals surface area contributed by atoms with Gasteiger partial charge in [-0.3, -0.25) is 4.18 Å². The quantitative estimate of drug-likeness (QED) is 0.682. The molecule has 3 nitrogen and oxygen atoms in total. The molecule has 0 aliphatic heterocycles. The first-order chi connectivity index (χ1) is 6.31. The second-order valence-electron chi connectivity index (χ2n) is 4.89. The molecule has 1 rings (SSSR count). The molecule has 0 aromatic carbocycles. The third-order valence-corrected chi connectivity index (χ3v) is 3.84. The number of hydrogen-bond acceptors (Lipinski definition) is 3. The number of hydrogen-bond donors (Lipinski definition) is 0. The zero-order chi connectivity index (χ0) is 10.8. The topological polar surface area (TPSA) is 43.4 Å². The molecular formula is C10H20O3S. The summed E-state index contributed by atoms with van der Waals surface area (Å²) in [5.74, 6) is 0.615. The van der Waals surface area contributed by atoms with Gasteiger partial charge >= 0.3 is 0 Å². The summed E-state index contributed by atoms with van der Waals surface area (Å²) in [4.78, 5) is 0. The van der Waals surface area contributed by atoms with E-state index in [-0.39, 0.29) is 0 Å². The van der Waals surface area contributed by atoms with Crippen LogP contribution in [0.5, 0.6) is 0 Å². The van der Waals surface area contributed by atoms with Gasteiger partial charge in [0.15, 0.2) is 0 Å². The van der Waals surface area contributed by atoms with Gasteiger partial charge in [0, 0.05) is 0 Å². The lowest BCUT2D eigenvalue weighted by Crippen LogP contribution is -2.19. The normalized spacial score (nSPS) is 26.6. The molecule has 1 unspecified atom stereocenters. The first-order valence-corrected chi connectivity index (χ1v) is 6.97. The highest BCUT2D eigenvalue weighted by molar-refractivity contribution is 7.85. The Morgan fingerprint density at radius 3 is 2.50 bits per heavy atom. The molecule has 0 radical (unpaired) electrons. The van der Waals surface area contributed by atoms with E-state index in [1.54, 1.807) is 0 Å². The van der Waals surface area contributed by atoms with E-state index in [1.807, 2.05) is 0 Å². The van der Waals surface area contributed by atoms with Crippen molar-refractivity contribution in [2.24, 2.45) is 11.3 Å². The first kappa shape index (κ1) is 12.0. The van der Waals surface area contributed by atoms with E-state index >= 15 is 0 Å². The fourth-order valence-corrected chi connectivity index (χ4v) is 2.67. The summed E-state index contributed by atoms with van der Waals surface area (Å²) in [6, 6.07) is 0. The minimum Gasteiger partial charge on any atom is -0.270 e. The van der Waals surface area contributed by atoms with Crippen LogP contribution in [0, 0.1) is 11.3 Å². The van der Waals surface area contributed by atoms with Gasteiger partial charge in [-0.1, -0.05) is 20.3 Å². The third kappa shape index (κ3) is 3.58. The average Bonchev–Trinajstić information content (AvgIpc) is 2.28. The molecule has 84 valence electrons. The largest absolute Gasteiger partial charge is 0.270 e. The molecular weight excluding hydrogens is 200 g/mol. The molecule has 4 heteroatoms. The molecule has 1 saturated carbocycles. The Bertz CT molecular complexity index is 280. The van der Waals surface area contributed by atoms with E-state index in [0.717, 1.165) is 12.7 Å². The van der Waals surface area contributed by atoms with E-state index in [9.17, 15) is 8.42 Å². The summed E-state index contributed by atoms with van der Waals surface area (Å²) in [6.45, 7) is 4.85. The predicted octanol–water partition coefficient (Wildman–Crippen LogP) is 2.18. The van der Waals surface area contributed by atoms with Crippen LogP contribution < -0.4 is 0 Å². The van der Waals surface area contributed by atoms with Crippen LogP contribution in [-0.4, -0.2) is 21.3 Å². The van der Waals surface area contributed by atoms with E-state index in [1.165, 1.54) is 19.3 Å². The highest BCUT2D eigenvalue weighted by atomic mass is 32.2. The molecule has 0 bridgehead atoms. The molecule has 0 aromatic heterocycles. The lowest BCUT2D eigenvalue weighted by Gasteiger charge is -2.26. The summed E-state index contributed by atoms with van der Waals surface area (Å²) < 4.78 is 26.2. The maximum Gasteiger partial charge on any atom is 0.264 e. The summed E-state index contributed by atoms with van der Waals surface area (Å²) >= 11 is 0.